The number of carbonyl (C=O) groups is 1. The molecule has 0 atom stereocenters. The first-order valence-electron chi connectivity index (χ1n) is 7.19. The summed E-state index contributed by atoms with van der Waals surface area (Å²) >= 11 is 3.38. The number of halogens is 1. The van der Waals surface area contributed by atoms with Gasteiger partial charge in [0.05, 0.1) is 5.56 Å². The molecule has 1 aliphatic rings. The third kappa shape index (κ3) is 2.86. The van der Waals surface area contributed by atoms with Crippen LogP contribution in [0.1, 0.15) is 42.3 Å². The van der Waals surface area contributed by atoms with Crippen molar-refractivity contribution in [2.45, 2.75) is 26.2 Å². The summed E-state index contributed by atoms with van der Waals surface area (Å²) in [5.74, 6) is 0.915. The van der Waals surface area contributed by atoms with Crippen LogP contribution < -0.4 is 4.74 Å². The number of ketones is 1. The number of rotatable bonds is 1. The molecule has 0 spiro atoms. The summed E-state index contributed by atoms with van der Waals surface area (Å²) < 4.78 is 6.54. The first-order valence-corrected chi connectivity index (χ1v) is 7.98. The van der Waals surface area contributed by atoms with E-state index in [0.29, 0.717) is 17.1 Å². The molecule has 0 unspecified atom stereocenters. The Balaban J connectivity index is 1.90. The minimum Gasteiger partial charge on any atom is -0.452 e. The van der Waals surface area contributed by atoms with E-state index in [9.17, 15) is 4.79 Å². The van der Waals surface area contributed by atoms with Crippen LogP contribution in [0.5, 0.6) is 5.75 Å². The maximum absolute atomic E-state index is 12.4. The average molecular weight is 357 g/mol. The Bertz CT molecular complexity index is 765. The van der Waals surface area contributed by atoms with Crippen LogP contribution in [0.25, 0.3) is 6.08 Å². The zero-order chi connectivity index (χ0) is 15.9. The van der Waals surface area contributed by atoms with Gasteiger partial charge in [-0.05, 0) is 40.8 Å². The molecule has 0 aromatic heterocycles. The number of allylic oxidation sites excluding steroid dienone is 1. The highest BCUT2D eigenvalue weighted by Gasteiger charge is 2.27. The summed E-state index contributed by atoms with van der Waals surface area (Å²) in [5, 5.41) is 0. The number of ether oxygens (including phenoxy) is 1. The highest BCUT2D eigenvalue weighted by molar-refractivity contribution is 9.10. The second kappa shape index (κ2) is 5.40. The van der Waals surface area contributed by atoms with Crippen molar-refractivity contribution in [3.63, 3.8) is 0 Å². The fraction of sp³-hybridized carbons (Fsp3) is 0.211. The van der Waals surface area contributed by atoms with E-state index in [1.54, 1.807) is 18.2 Å². The van der Waals surface area contributed by atoms with Crippen molar-refractivity contribution in [2.75, 3.05) is 0 Å². The molecule has 112 valence electrons. The normalized spacial score (nSPS) is 15.8. The fourth-order valence-corrected chi connectivity index (χ4v) is 2.75. The number of benzene rings is 2. The van der Waals surface area contributed by atoms with Crippen molar-refractivity contribution in [1.29, 1.82) is 0 Å². The minimum absolute atomic E-state index is 0.0730. The van der Waals surface area contributed by atoms with E-state index in [-0.39, 0.29) is 11.2 Å². The zero-order valence-electron chi connectivity index (χ0n) is 12.8. The smallest absolute Gasteiger partial charge is 0.232 e. The highest BCUT2D eigenvalue weighted by Crippen LogP contribution is 2.34. The lowest BCUT2D eigenvalue weighted by Gasteiger charge is -2.18. The van der Waals surface area contributed by atoms with Gasteiger partial charge < -0.3 is 4.74 Å². The molecule has 2 aromatic carbocycles. The molecule has 0 radical (unpaired) electrons. The number of fused-ring (bicyclic) bond motifs is 1. The summed E-state index contributed by atoms with van der Waals surface area (Å²) in [5.41, 5.74) is 2.95. The van der Waals surface area contributed by atoms with Crippen LogP contribution in [0.2, 0.25) is 0 Å². The average Bonchev–Trinajstić information content (AvgIpc) is 2.75. The zero-order valence-corrected chi connectivity index (χ0v) is 14.4. The van der Waals surface area contributed by atoms with E-state index in [2.05, 4.69) is 48.8 Å². The summed E-state index contributed by atoms with van der Waals surface area (Å²) in [4.78, 5) is 12.4. The minimum atomic E-state index is -0.0730. The van der Waals surface area contributed by atoms with E-state index >= 15 is 0 Å². The van der Waals surface area contributed by atoms with Gasteiger partial charge >= 0.3 is 0 Å². The second-order valence-electron chi connectivity index (χ2n) is 6.45. The third-order valence-corrected chi connectivity index (χ3v) is 4.20. The molecule has 1 aliphatic heterocycles. The van der Waals surface area contributed by atoms with E-state index in [4.69, 9.17) is 4.74 Å². The molecule has 1 heterocycles. The van der Waals surface area contributed by atoms with Gasteiger partial charge in [0.25, 0.3) is 0 Å². The Morgan fingerprint density at radius 3 is 2.36 bits per heavy atom. The standard InChI is InChI=1S/C19H17BrO2/c1-19(2,3)13-6-4-12(5-7-13)10-17-18(21)15-11-14(20)8-9-16(15)22-17/h4-11H,1-3H3. The van der Waals surface area contributed by atoms with Crippen molar-refractivity contribution in [3.8, 4) is 5.75 Å². The summed E-state index contributed by atoms with van der Waals surface area (Å²) in [6.45, 7) is 6.54. The van der Waals surface area contributed by atoms with Gasteiger partial charge in [-0.2, -0.15) is 0 Å². The van der Waals surface area contributed by atoms with E-state index in [1.165, 1.54) is 5.56 Å². The lowest BCUT2D eigenvalue weighted by Crippen LogP contribution is -2.10. The highest BCUT2D eigenvalue weighted by atomic mass is 79.9. The number of hydrogen-bond acceptors (Lipinski definition) is 2. The Morgan fingerprint density at radius 1 is 1.05 bits per heavy atom. The largest absolute Gasteiger partial charge is 0.452 e. The Kier molecular flexibility index (Phi) is 3.69. The van der Waals surface area contributed by atoms with Gasteiger partial charge in [-0.3, -0.25) is 4.79 Å². The first kappa shape index (κ1) is 15.0. The van der Waals surface area contributed by atoms with E-state index < -0.39 is 0 Å². The van der Waals surface area contributed by atoms with E-state index in [0.717, 1.165) is 10.0 Å². The third-order valence-electron chi connectivity index (χ3n) is 3.70. The molecule has 22 heavy (non-hydrogen) atoms. The van der Waals surface area contributed by atoms with Crippen LogP contribution in [0.4, 0.5) is 0 Å². The van der Waals surface area contributed by atoms with Gasteiger partial charge in [0.2, 0.25) is 5.78 Å². The van der Waals surface area contributed by atoms with Crippen molar-refractivity contribution in [2.24, 2.45) is 0 Å². The van der Waals surface area contributed by atoms with Gasteiger partial charge in [0.1, 0.15) is 5.75 Å². The lowest BCUT2D eigenvalue weighted by atomic mass is 9.86. The maximum atomic E-state index is 12.4. The Morgan fingerprint density at radius 2 is 1.73 bits per heavy atom. The predicted molar refractivity (Wildman–Crippen MR) is 92.2 cm³/mol. The molecule has 0 bridgehead atoms. The first-order chi connectivity index (χ1) is 10.3. The maximum Gasteiger partial charge on any atom is 0.232 e. The van der Waals surface area contributed by atoms with Gasteiger partial charge in [-0.25, -0.2) is 0 Å². The van der Waals surface area contributed by atoms with Crippen LogP contribution in [0, 0.1) is 0 Å². The van der Waals surface area contributed by atoms with Crippen molar-refractivity contribution in [1.82, 2.24) is 0 Å². The molecule has 3 heteroatoms. The molecule has 0 N–H and O–H groups in total. The molecular weight excluding hydrogens is 340 g/mol. The van der Waals surface area contributed by atoms with Crippen LogP contribution in [0.3, 0.4) is 0 Å². The fourth-order valence-electron chi connectivity index (χ4n) is 2.39. The number of carbonyl (C=O) groups excluding carboxylic acids is 1. The lowest BCUT2D eigenvalue weighted by molar-refractivity contribution is 0.101. The monoisotopic (exact) mass is 356 g/mol. The number of hydrogen-bond donors (Lipinski definition) is 0. The summed E-state index contributed by atoms with van der Waals surface area (Å²) in [6, 6.07) is 13.7. The molecule has 2 nitrogen and oxygen atoms in total. The summed E-state index contributed by atoms with van der Waals surface area (Å²) in [7, 11) is 0. The van der Waals surface area contributed by atoms with Crippen molar-refractivity contribution >= 4 is 27.8 Å². The van der Waals surface area contributed by atoms with Crippen molar-refractivity contribution in [3.05, 3.63) is 69.4 Å². The van der Waals surface area contributed by atoms with Gasteiger partial charge in [0, 0.05) is 4.47 Å². The molecule has 3 rings (SSSR count). The Labute approximate surface area is 138 Å². The summed E-state index contributed by atoms with van der Waals surface area (Å²) in [6.07, 6.45) is 1.79. The van der Waals surface area contributed by atoms with Gasteiger partial charge in [0.15, 0.2) is 5.76 Å². The molecule has 0 saturated carbocycles. The second-order valence-corrected chi connectivity index (χ2v) is 7.37. The SMILES string of the molecule is CC(C)(C)c1ccc(C=C2Oc3ccc(Br)cc3C2=O)cc1. The molecule has 0 saturated heterocycles. The van der Waals surface area contributed by atoms with Gasteiger partial charge in [-0.15, -0.1) is 0 Å². The molecular formula is C19H17BrO2. The molecule has 2 aromatic rings. The predicted octanol–water partition coefficient (Wildman–Crippen LogP) is 5.36. The van der Waals surface area contributed by atoms with Crippen LogP contribution in [0.15, 0.2) is 52.7 Å². The topological polar surface area (TPSA) is 26.3 Å². The molecule has 0 aliphatic carbocycles. The van der Waals surface area contributed by atoms with Gasteiger partial charge in [-0.1, -0.05) is 61.0 Å². The quantitative estimate of drug-likeness (QED) is 0.642. The molecule has 0 amide bonds. The van der Waals surface area contributed by atoms with Crippen molar-refractivity contribution < 1.29 is 9.53 Å². The number of Topliss-reactive ketones (excluding diaryl/α,β-unsaturated/α-hetero) is 1. The Hall–Kier alpha value is -1.87. The van der Waals surface area contributed by atoms with Crippen LogP contribution in [-0.2, 0) is 5.41 Å². The van der Waals surface area contributed by atoms with E-state index in [1.807, 2.05) is 18.2 Å². The molecule has 0 fully saturated rings. The van der Waals surface area contributed by atoms with Crippen LogP contribution in [-0.4, -0.2) is 5.78 Å². The van der Waals surface area contributed by atoms with Crippen LogP contribution >= 0.6 is 15.9 Å².